The van der Waals surface area contributed by atoms with Gasteiger partial charge in [-0.1, -0.05) is 18.9 Å². The van der Waals surface area contributed by atoms with Crippen LogP contribution in [0, 0.1) is 5.92 Å². The zero-order valence-corrected chi connectivity index (χ0v) is 13.0. The molecule has 1 aromatic heterocycles. The maximum absolute atomic E-state index is 12.6. The van der Waals surface area contributed by atoms with E-state index in [0.29, 0.717) is 24.9 Å². The lowest BCUT2D eigenvalue weighted by atomic mass is 9.83. The Hall–Kier alpha value is -1.42. The number of aryl methyl sites for hydroxylation is 1. The molecule has 4 nitrogen and oxygen atoms in total. The van der Waals surface area contributed by atoms with Gasteiger partial charge in [-0.3, -0.25) is 9.78 Å². The fourth-order valence-corrected chi connectivity index (χ4v) is 3.41. The normalized spacial score (nSPS) is 22.0. The Morgan fingerprint density at radius 1 is 1.43 bits per heavy atom. The van der Waals surface area contributed by atoms with Crippen molar-refractivity contribution >= 4 is 5.91 Å². The van der Waals surface area contributed by atoms with Gasteiger partial charge in [0.05, 0.1) is 0 Å². The average Bonchev–Trinajstić information content (AvgIpc) is 2.55. The van der Waals surface area contributed by atoms with Gasteiger partial charge < -0.3 is 10.6 Å². The summed E-state index contributed by atoms with van der Waals surface area (Å²) in [5.41, 5.74) is 7.03. The number of hydrogen-bond acceptors (Lipinski definition) is 3. The second-order valence-electron chi connectivity index (χ2n) is 5.89. The summed E-state index contributed by atoms with van der Waals surface area (Å²) in [5, 5.41) is 0. The number of aromatic nitrogens is 1. The molecule has 0 bridgehead atoms. The summed E-state index contributed by atoms with van der Waals surface area (Å²) in [6.07, 6.45) is 9.66. The largest absolute Gasteiger partial charge is 0.340 e. The summed E-state index contributed by atoms with van der Waals surface area (Å²) < 4.78 is 0. The molecule has 21 heavy (non-hydrogen) atoms. The molecule has 1 aliphatic rings. The Kier molecular flexibility index (Phi) is 6.18. The SMILES string of the molecule is CCN(C(=O)CCc1cccnc1)C1CCCCC1CN. The topological polar surface area (TPSA) is 59.2 Å². The van der Waals surface area contributed by atoms with E-state index >= 15 is 0 Å². The summed E-state index contributed by atoms with van der Waals surface area (Å²) in [6.45, 7) is 3.55. The lowest BCUT2D eigenvalue weighted by Gasteiger charge is -2.39. The van der Waals surface area contributed by atoms with Crippen molar-refractivity contribution in [3.8, 4) is 0 Å². The van der Waals surface area contributed by atoms with Crippen LogP contribution in [0.1, 0.15) is 44.6 Å². The molecule has 2 unspecified atom stereocenters. The third kappa shape index (κ3) is 4.27. The first-order chi connectivity index (χ1) is 10.3. The fourth-order valence-electron chi connectivity index (χ4n) is 3.41. The first-order valence-electron chi connectivity index (χ1n) is 8.14. The average molecular weight is 289 g/mol. The molecule has 0 radical (unpaired) electrons. The lowest BCUT2D eigenvalue weighted by molar-refractivity contribution is -0.135. The van der Waals surface area contributed by atoms with Crippen LogP contribution in [0.15, 0.2) is 24.5 Å². The fraction of sp³-hybridized carbons (Fsp3) is 0.647. The molecule has 1 aliphatic carbocycles. The molecule has 1 amide bonds. The van der Waals surface area contributed by atoms with E-state index in [9.17, 15) is 4.79 Å². The van der Waals surface area contributed by atoms with Crippen molar-refractivity contribution in [2.24, 2.45) is 11.7 Å². The van der Waals surface area contributed by atoms with E-state index in [2.05, 4.69) is 16.8 Å². The Morgan fingerprint density at radius 2 is 2.24 bits per heavy atom. The first-order valence-corrected chi connectivity index (χ1v) is 8.14. The molecular weight excluding hydrogens is 262 g/mol. The predicted octanol–water partition coefficient (Wildman–Crippen LogP) is 2.38. The summed E-state index contributed by atoms with van der Waals surface area (Å²) in [4.78, 5) is 18.7. The number of pyridine rings is 1. The smallest absolute Gasteiger partial charge is 0.223 e. The standard InChI is InChI=1S/C17H27N3O/c1-2-20(16-8-4-3-7-15(16)12-18)17(21)10-9-14-6-5-11-19-13-14/h5-6,11,13,15-16H,2-4,7-10,12,18H2,1H3. The predicted molar refractivity (Wildman–Crippen MR) is 84.7 cm³/mol. The minimum absolute atomic E-state index is 0.256. The summed E-state index contributed by atoms with van der Waals surface area (Å²) in [5.74, 6) is 0.729. The lowest BCUT2D eigenvalue weighted by Crippen LogP contribution is -2.48. The molecule has 4 heteroatoms. The molecule has 2 atom stereocenters. The van der Waals surface area contributed by atoms with E-state index in [-0.39, 0.29) is 5.91 Å². The van der Waals surface area contributed by atoms with Gasteiger partial charge in [0.2, 0.25) is 5.91 Å². The molecule has 1 saturated carbocycles. The Morgan fingerprint density at radius 3 is 2.90 bits per heavy atom. The second-order valence-corrected chi connectivity index (χ2v) is 5.89. The molecule has 0 aromatic carbocycles. The van der Waals surface area contributed by atoms with Crippen LogP contribution in [0.25, 0.3) is 0 Å². The molecule has 1 fully saturated rings. The maximum Gasteiger partial charge on any atom is 0.223 e. The van der Waals surface area contributed by atoms with Crippen LogP contribution >= 0.6 is 0 Å². The van der Waals surface area contributed by atoms with Crippen molar-refractivity contribution in [1.29, 1.82) is 0 Å². The van der Waals surface area contributed by atoms with E-state index in [1.165, 1.54) is 12.8 Å². The van der Waals surface area contributed by atoms with Gasteiger partial charge in [-0.2, -0.15) is 0 Å². The van der Waals surface area contributed by atoms with Crippen LogP contribution in [0.4, 0.5) is 0 Å². The van der Waals surface area contributed by atoms with E-state index < -0.39 is 0 Å². The highest BCUT2D eigenvalue weighted by Crippen LogP contribution is 2.28. The maximum atomic E-state index is 12.6. The van der Waals surface area contributed by atoms with Gasteiger partial charge in [-0.15, -0.1) is 0 Å². The monoisotopic (exact) mass is 289 g/mol. The van der Waals surface area contributed by atoms with Crippen molar-refractivity contribution in [3.63, 3.8) is 0 Å². The molecule has 1 aromatic rings. The Bertz CT molecular complexity index is 435. The van der Waals surface area contributed by atoms with Crippen LogP contribution in [-0.2, 0) is 11.2 Å². The summed E-state index contributed by atoms with van der Waals surface area (Å²) in [7, 11) is 0. The van der Waals surface area contributed by atoms with Gasteiger partial charge in [0.15, 0.2) is 0 Å². The molecule has 1 heterocycles. The molecular formula is C17H27N3O. The van der Waals surface area contributed by atoms with Crippen molar-refractivity contribution in [1.82, 2.24) is 9.88 Å². The molecule has 2 rings (SSSR count). The number of nitrogens with two attached hydrogens (primary N) is 1. The Balaban J connectivity index is 1.94. The second kappa shape index (κ2) is 8.13. The molecule has 2 N–H and O–H groups in total. The number of hydrogen-bond donors (Lipinski definition) is 1. The number of amides is 1. The van der Waals surface area contributed by atoms with Crippen LogP contribution in [0.5, 0.6) is 0 Å². The number of nitrogens with zero attached hydrogens (tertiary/aromatic N) is 2. The molecule has 0 saturated heterocycles. The Labute approximate surface area is 127 Å². The number of carbonyl (C=O) groups is 1. The zero-order chi connectivity index (χ0) is 15.1. The van der Waals surface area contributed by atoms with E-state index in [0.717, 1.165) is 31.4 Å². The highest BCUT2D eigenvalue weighted by molar-refractivity contribution is 5.76. The van der Waals surface area contributed by atoms with Crippen molar-refractivity contribution < 1.29 is 4.79 Å². The quantitative estimate of drug-likeness (QED) is 0.874. The first kappa shape index (κ1) is 16.0. The van der Waals surface area contributed by atoms with Gasteiger partial charge in [-0.05, 0) is 50.3 Å². The van der Waals surface area contributed by atoms with E-state index in [4.69, 9.17) is 5.73 Å². The van der Waals surface area contributed by atoms with Gasteiger partial charge in [-0.25, -0.2) is 0 Å². The van der Waals surface area contributed by atoms with Gasteiger partial charge in [0, 0.05) is 31.4 Å². The van der Waals surface area contributed by atoms with Gasteiger partial charge in [0.25, 0.3) is 0 Å². The van der Waals surface area contributed by atoms with Crippen LogP contribution in [0.3, 0.4) is 0 Å². The van der Waals surface area contributed by atoms with Crippen LogP contribution < -0.4 is 5.73 Å². The van der Waals surface area contributed by atoms with Crippen molar-refractivity contribution in [3.05, 3.63) is 30.1 Å². The minimum atomic E-state index is 0.256. The van der Waals surface area contributed by atoms with Gasteiger partial charge in [0.1, 0.15) is 0 Å². The van der Waals surface area contributed by atoms with Crippen molar-refractivity contribution in [2.75, 3.05) is 13.1 Å². The van der Waals surface area contributed by atoms with Crippen LogP contribution in [0.2, 0.25) is 0 Å². The summed E-state index contributed by atoms with van der Waals surface area (Å²) in [6, 6.07) is 4.29. The van der Waals surface area contributed by atoms with Crippen molar-refractivity contribution in [2.45, 2.75) is 51.5 Å². The van der Waals surface area contributed by atoms with E-state index in [1.54, 1.807) is 6.20 Å². The third-order valence-electron chi connectivity index (χ3n) is 4.58. The highest BCUT2D eigenvalue weighted by atomic mass is 16.2. The van der Waals surface area contributed by atoms with Crippen LogP contribution in [-0.4, -0.2) is 34.9 Å². The highest BCUT2D eigenvalue weighted by Gasteiger charge is 2.30. The third-order valence-corrected chi connectivity index (χ3v) is 4.58. The van der Waals surface area contributed by atoms with Gasteiger partial charge >= 0.3 is 0 Å². The molecule has 0 spiro atoms. The summed E-state index contributed by atoms with van der Waals surface area (Å²) >= 11 is 0. The number of carbonyl (C=O) groups excluding carboxylic acids is 1. The molecule has 116 valence electrons. The zero-order valence-electron chi connectivity index (χ0n) is 13.0. The minimum Gasteiger partial charge on any atom is -0.340 e. The van der Waals surface area contributed by atoms with E-state index in [1.807, 2.05) is 18.3 Å². The number of rotatable bonds is 6. The molecule has 0 aliphatic heterocycles.